The van der Waals surface area contributed by atoms with Crippen LogP contribution in [0.1, 0.15) is 48.3 Å². The normalized spacial score (nSPS) is 17.2. The maximum Gasteiger partial charge on any atom is 0.296 e. The Morgan fingerprint density at radius 3 is 2.31 bits per heavy atom. The molecule has 36 heavy (non-hydrogen) atoms. The number of ether oxygens (including phenoxy) is 2. The zero-order valence-corrected chi connectivity index (χ0v) is 21.7. The molecule has 1 N–H and O–H groups in total. The molecule has 1 aliphatic rings. The molecule has 0 spiro atoms. The number of nitrogens with zero attached hydrogens (tertiary/aromatic N) is 1. The lowest BCUT2D eigenvalue weighted by Gasteiger charge is -2.25. The van der Waals surface area contributed by atoms with Gasteiger partial charge in [-0.05, 0) is 35.2 Å². The van der Waals surface area contributed by atoms with E-state index in [-0.39, 0.29) is 39.2 Å². The number of carbonyl (C=O) groups is 2. The van der Waals surface area contributed by atoms with Crippen LogP contribution in [0.2, 0.25) is 10.0 Å². The van der Waals surface area contributed by atoms with Crippen molar-refractivity contribution in [1.29, 1.82) is 0 Å². The van der Waals surface area contributed by atoms with E-state index in [0.29, 0.717) is 17.2 Å². The van der Waals surface area contributed by atoms with Gasteiger partial charge >= 0.3 is 0 Å². The third-order valence-electron chi connectivity index (χ3n) is 6.16. The van der Waals surface area contributed by atoms with Crippen LogP contribution < -0.4 is 9.47 Å². The van der Waals surface area contributed by atoms with E-state index < -0.39 is 23.5 Å². The van der Waals surface area contributed by atoms with Gasteiger partial charge in [0.25, 0.3) is 11.7 Å². The number of carbonyl (C=O) groups excluding carboxylic acids is 2. The van der Waals surface area contributed by atoms with Crippen molar-refractivity contribution >= 4 is 40.7 Å². The highest BCUT2D eigenvalue weighted by Crippen LogP contribution is 2.47. The first-order valence-electron chi connectivity index (χ1n) is 11.2. The van der Waals surface area contributed by atoms with Gasteiger partial charge in [-0.15, -0.1) is 0 Å². The number of ketones is 1. The van der Waals surface area contributed by atoms with Crippen LogP contribution >= 0.6 is 23.2 Å². The summed E-state index contributed by atoms with van der Waals surface area (Å²) in [5.74, 6) is -1.07. The summed E-state index contributed by atoms with van der Waals surface area (Å²) >= 11 is 12.7. The molecule has 1 atom stereocenters. The number of rotatable bonds is 7. The predicted molar refractivity (Wildman–Crippen MR) is 137 cm³/mol. The van der Waals surface area contributed by atoms with Gasteiger partial charge < -0.3 is 23.9 Å². The highest BCUT2D eigenvalue weighted by Gasteiger charge is 2.46. The average molecular weight is 530 g/mol. The number of amides is 1. The lowest BCUT2D eigenvalue weighted by atomic mass is 9.93. The third kappa shape index (κ3) is 4.45. The Kier molecular flexibility index (Phi) is 7.33. The van der Waals surface area contributed by atoms with Crippen LogP contribution in [0.15, 0.2) is 58.7 Å². The van der Waals surface area contributed by atoms with E-state index in [1.165, 1.54) is 31.4 Å². The van der Waals surface area contributed by atoms with Gasteiger partial charge in [-0.3, -0.25) is 9.59 Å². The molecular weight excluding hydrogens is 505 g/mol. The van der Waals surface area contributed by atoms with Crippen LogP contribution in [-0.4, -0.2) is 35.9 Å². The highest BCUT2D eigenvalue weighted by molar-refractivity contribution is 6.47. The van der Waals surface area contributed by atoms with E-state index in [9.17, 15) is 14.7 Å². The molecule has 1 fully saturated rings. The molecule has 9 heteroatoms. The van der Waals surface area contributed by atoms with Crippen molar-refractivity contribution in [3.63, 3.8) is 0 Å². The number of hydrogen-bond acceptors (Lipinski definition) is 6. The molecule has 2 aromatic carbocycles. The Labute approximate surface area is 218 Å². The Bertz CT molecular complexity index is 1330. The molecule has 188 valence electrons. The minimum atomic E-state index is -0.888. The molecule has 0 aliphatic carbocycles. The lowest BCUT2D eigenvalue weighted by molar-refractivity contribution is -0.140. The number of aliphatic hydroxyl groups excluding tert-OH is 1. The zero-order chi connectivity index (χ0) is 26.1. The number of hydrogen-bond donors (Lipinski definition) is 1. The van der Waals surface area contributed by atoms with E-state index in [2.05, 4.69) is 13.8 Å². The molecule has 1 unspecified atom stereocenters. The smallest absolute Gasteiger partial charge is 0.296 e. The first-order valence-corrected chi connectivity index (χ1v) is 12.0. The van der Waals surface area contributed by atoms with Crippen molar-refractivity contribution in [2.45, 2.75) is 32.4 Å². The summed E-state index contributed by atoms with van der Waals surface area (Å²) in [6.07, 6.45) is 1.49. The van der Waals surface area contributed by atoms with E-state index in [1.54, 1.807) is 12.1 Å². The number of likely N-dealkylation sites (tertiary alicyclic amines) is 1. The van der Waals surface area contributed by atoms with E-state index in [4.69, 9.17) is 37.1 Å². The topological polar surface area (TPSA) is 89.2 Å². The summed E-state index contributed by atoms with van der Waals surface area (Å²) < 4.78 is 16.1. The van der Waals surface area contributed by atoms with Crippen LogP contribution in [0.25, 0.3) is 5.76 Å². The number of furan rings is 1. The van der Waals surface area contributed by atoms with Gasteiger partial charge in [-0.1, -0.05) is 61.3 Å². The fraction of sp³-hybridized carbons (Fsp3) is 0.259. The quantitative estimate of drug-likeness (QED) is 0.218. The third-order valence-corrected chi connectivity index (χ3v) is 6.78. The molecule has 4 rings (SSSR count). The molecule has 1 amide bonds. The van der Waals surface area contributed by atoms with Crippen LogP contribution in [0.4, 0.5) is 0 Å². The SMILES string of the molecule is COc1c(Cl)cc(/C(O)=C2\C(=O)C(=O)N(Cc3ccco3)C2c2ccc(C(C)C)cc2)c(OC)c1Cl. The molecule has 1 saturated heterocycles. The maximum atomic E-state index is 13.3. The first kappa shape index (κ1) is 25.7. The van der Waals surface area contributed by atoms with Gasteiger partial charge in [0.2, 0.25) is 0 Å². The molecule has 0 saturated carbocycles. The van der Waals surface area contributed by atoms with Crippen LogP contribution in [0.3, 0.4) is 0 Å². The van der Waals surface area contributed by atoms with Crippen molar-refractivity contribution in [2.24, 2.45) is 0 Å². The summed E-state index contributed by atoms with van der Waals surface area (Å²) in [4.78, 5) is 27.9. The minimum absolute atomic E-state index is 0.0247. The van der Waals surface area contributed by atoms with E-state index in [0.717, 1.165) is 5.56 Å². The van der Waals surface area contributed by atoms with Gasteiger partial charge in [-0.2, -0.15) is 0 Å². The van der Waals surface area contributed by atoms with Crippen molar-refractivity contribution in [2.75, 3.05) is 14.2 Å². The van der Waals surface area contributed by atoms with Crippen LogP contribution in [0, 0.1) is 0 Å². The second-order valence-corrected chi connectivity index (χ2v) is 9.40. The molecule has 7 nitrogen and oxygen atoms in total. The standard InChI is InChI=1S/C27H25Cl2NO6/c1-14(2)15-7-9-16(10-8-15)22-20(24(32)27(33)30(22)13-17-6-5-11-36-17)23(31)18-12-19(28)26(35-4)21(29)25(18)34-3/h5-12,14,22,31H,13H2,1-4H3/b23-20+. The van der Waals surface area contributed by atoms with Crippen LogP contribution in [-0.2, 0) is 16.1 Å². The number of halogens is 2. The highest BCUT2D eigenvalue weighted by atomic mass is 35.5. The minimum Gasteiger partial charge on any atom is -0.507 e. The van der Waals surface area contributed by atoms with Gasteiger partial charge in [-0.25, -0.2) is 0 Å². The molecule has 3 aromatic rings. The second-order valence-electron chi connectivity index (χ2n) is 8.61. The fourth-order valence-corrected chi connectivity index (χ4v) is 5.00. The van der Waals surface area contributed by atoms with Gasteiger partial charge in [0.05, 0.1) is 49.2 Å². The molecule has 1 aliphatic heterocycles. The summed E-state index contributed by atoms with van der Waals surface area (Å²) in [6.45, 7) is 4.18. The van der Waals surface area contributed by atoms with E-state index in [1.807, 2.05) is 24.3 Å². The molecular formula is C27H25Cl2NO6. The molecule has 1 aromatic heterocycles. The summed E-state index contributed by atoms with van der Waals surface area (Å²) in [5.41, 5.74) is 1.70. The Hall–Kier alpha value is -3.42. The second kappa shape index (κ2) is 10.3. The summed E-state index contributed by atoms with van der Waals surface area (Å²) in [5, 5.41) is 11.6. The van der Waals surface area contributed by atoms with Gasteiger partial charge in [0.1, 0.15) is 16.5 Å². The first-order chi connectivity index (χ1) is 17.2. The molecule has 0 bridgehead atoms. The Morgan fingerprint density at radius 1 is 1.08 bits per heavy atom. The Morgan fingerprint density at radius 2 is 1.75 bits per heavy atom. The summed E-state index contributed by atoms with van der Waals surface area (Å²) in [7, 11) is 2.76. The number of aliphatic hydroxyl groups is 1. The fourth-order valence-electron chi connectivity index (χ4n) is 4.31. The summed E-state index contributed by atoms with van der Waals surface area (Å²) in [6, 6.07) is 11.5. The van der Waals surface area contributed by atoms with Crippen molar-refractivity contribution in [1.82, 2.24) is 4.90 Å². The van der Waals surface area contributed by atoms with Crippen molar-refractivity contribution in [3.05, 3.63) is 86.8 Å². The van der Waals surface area contributed by atoms with Crippen LogP contribution in [0.5, 0.6) is 11.5 Å². The largest absolute Gasteiger partial charge is 0.507 e. The Balaban J connectivity index is 1.94. The monoisotopic (exact) mass is 529 g/mol. The number of Topliss-reactive ketones (excluding diaryl/α,β-unsaturated/α-hetero) is 1. The lowest BCUT2D eigenvalue weighted by Crippen LogP contribution is -2.29. The maximum absolute atomic E-state index is 13.3. The zero-order valence-electron chi connectivity index (χ0n) is 20.2. The predicted octanol–water partition coefficient (Wildman–Crippen LogP) is 6.35. The van der Waals surface area contributed by atoms with E-state index >= 15 is 0 Å². The average Bonchev–Trinajstić information content (AvgIpc) is 3.46. The number of benzene rings is 2. The molecule has 0 radical (unpaired) electrons. The van der Waals surface area contributed by atoms with Crippen molar-refractivity contribution in [3.8, 4) is 11.5 Å². The molecule has 2 heterocycles. The van der Waals surface area contributed by atoms with Gasteiger partial charge in [0.15, 0.2) is 11.5 Å². The van der Waals surface area contributed by atoms with Gasteiger partial charge in [0, 0.05) is 0 Å². The number of methoxy groups -OCH3 is 2. The van der Waals surface area contributed by atoms with Crippen molar-refractivity contribution < 1.29 is 28.6 Å².